The van der Waals surface area contributed by atoms with Gasteiger partial charge in [-0.2, -0.15) is 0 Å². The third-order valence-electron chi connectivity index (χ3n) is 5.83. The Balaban J connectivity index is 0. The van der Waals surface area contributed by atoms with Gasteiger partial charge in [-0.3, -0.25) is 0 Å². The number of unbranched alkanes of at least 4 members (excludes halogenated alkanes) is 13. The maximum absolute atomic E-state index is 2.40. The molecular weight excluding hydrogens is 382 g/mol. The minimum atomic E-state index is 0. The molecule has 1 atom stereocenters. The average molecular weight is 435 g/mol. The van der Waals surface area contributed by atoms with E-state index in [1.807, 2.05) is 0 Å². The van der Waals surface area contributed by atoms with Crippen molar-refractivity contribution < 1.29 is 21.9 Å². The molecule has 0 spiro atoms. The summed E-state index contributed by atoms with van der Waals surface area (Å²) in [6, 6.07) is 0. The molecule has 0 aromatic heterocycles. The summed E-state index contributed by atoms with van der Waals surface area (Å²) in [5.74, 6) is 1.01. The zero-order valence-corrected chi connectivity index (χ0v) is 20.5. The summed E-state index contributed by atoms with van der Waals surface area (Å²) in [7, 11) is 4.53. The predicted molar refractivity (Wildman–Crippen MR) is 116 cm³/mol. The Labute approximate surface area is 177 Å². The standard InChI is InChI=1S/C24H51N.BrH/c1-5-7-8-9-10-11-12-13-14-15-16-18-21-24(6-2)22-19-17-20-23-25(3)4;/h24H,5-23H2,1-4H3;1H. The lowest BCUT2D eigenvalue weighted by molar-refractivity contribution is -0.858. The van der Waals surface area contributed by atoms with E-state index in [0.29, 0.717) is 0 Å². The summed E-state index contributed by atoms with van der Waals surface area (Å²) in [4.78, 5) is 1.60. The largest absolute Gasteiger partial charge is 1.00 e. The molecule has 1 N–H and O–H groups in total. The fraction of sp³-hybridized carbons (Fsp3) is 1.00. The van der Waals surface area contributed by atoms with Gasteiger partial charge in [-0.25, -0.2) is 0 Å². The molecule has 0 heterocycles. The van der Waals surface area contributed by atoms with Crippen molar-refractivity contribution in [1.82, 2.24) is 0 Å². The van der Waals surface area contributed by atoms with Crippen molar-refractivity contribution in [3.63, 3.8) is 0 Å². The molecule has 0 aliphatic rings. The van der Waals surface area contributed by atoms with Gasteiger partial charge < -0.3 is 21.9 Å². The van der Waals surface area contributed by atoms with Crippen molar-refractivity contribution >= 4 is 0 Å². The maximum Gasteiger partial charge on any atom is 0.0766 e. The van der Waals surface area contributed by atoms with Crippen LogP contribution in [0.2, 0.25) is 0 Å². The summed E-state index contributed by atoms with van der Waals surface area (Å²) < 4.78 is 0. The molecule has 0 bridgehead atoms. The maximum atomic E-state index is 2.40. The minimum absolute atomic E-state index is 0. The highest BCUT2D eigenvalue weighted by Gasteiger charge is 2.06. The van der Waals surface area contributed by atoms with Gasteiger partial charge in [-0.05, 0) is 18.8 Å². The van der Waals surface area contributed by atoms with Gasteiger partial charge in [0.05, 0.1) is 20.6 Å². The first-order valence-corrected chi connectivity index (χ1v) is 12.0. The van der Waals surface area contributed by atoms with Gasteiger partial charge in [-0.1, -0.05) is 117 Å². The summed E-state index contributed by atoms with van der Waals surface area (Å²) in [5, 5.41) is 0. The molecule has 0 amide bonds. The Hall–Kier alpha value is 0.440. The second-order valence-electron chi connectivity index (χ2n) is 8.76. The van der Waals surface area contributed by atoms with Crippen molar-refractivity contribution in [2.45, 2.75) is 129 Å². The van der Waals surface area contributed by atoms with E-state index < -0.39 is 0 Å². The second kappa shape index (κ2) is 23.5. The van der Waals surface area contributed by atoms with Crippen LogP contribution in [0, 0.1) is 5.92 Å². The Morgan fingerprint density at radius 3 is 1.31 bits per heavy atom. The first kappa shape index (κ1) is 28.6. The second-order valence-corrected chi connectivity index (χ2v) is 8.76. The van der Waals surface area contributed by atoms with Crippen LogP contribution in [0.3, 0.4) is 0 Å². The number of nitrogens with one attached hydrogen (secondary N) is 1. The van der Waals surface area contributed by atoms with Crippen LogP contribution in [0.25, 0.3) is 0 Å². The predicted octanol–water partition coefficient (Wildman–Crippen LogP) is 3.81. The van der Waals surface area contributed by atoms with Gasteiger partial charge in [-0.15, -0.1) is 0 Å². The van der Waals surface area contributed by atoms with Crippen molar-refractivity contribution in [2.24, 2.45) is 5.92 Å². The summed E-state index contributed by atoms with van der Waals surface area (Å²) >= 11 is 0. The SMILES string of the molecule is CCCCCCCCCCCCCCC(CC)CCCCC[NH+](C)C.[Br-]. The van der Waals surface area contributed by atoms with Gasteiger partial charge in [0.15, 0.2) is 0 Å². The molecule has 26 heavy (non-hydrogen) atoms. The summed E-state index contributed by atoms with van der Waals surface area (Å²) in [6.45, 7) is 6.04. The van der Waals surface area contributed by atoms with E-state index in [1.54, 1.807) is 4.90 Å². The van der Waals surface area contributed by atoms with E-state index in [2.05, 4.69) is 27.9 Å². The van der Waals surface area contributed by atoms with Gasteiger partial charge in [0.25, 0.3) is 0 Å². The lowest BCUT2D eigenvalue weighted by Crippen LogP contribution is -3.05. The highest BCUT2D eigenvalue weighted by Crippen LogP contribution is 2.21. The first-order valence-electron chi connectivity index (χ1n) is 12.0. The molecule has 160 valence electrons. The number of rotatable bonds is 20. The molecule has 0 saturated heterocycles. The molecule has 0 radical (unpaired) electrons. The average Bonchev–Trinajstić information content (AvgIpc) is 2.60. The molecule has 1 nitrogen and oxygen atoms in total. The van der Waals surface area contributed by atoms with Crippen LogP contribution in [0.4, 0.5) is 0 Å². The molecule has 0 fully saturated rings. The molecule has 2 heteroatoms. The Morgan fingerprint density at radius 2 is 0.923 bits per heavy atom. The molecule has 1 unspecified atom stereocenters. The Kier molecular flexibility index (Phi) is 25.9. The molecule has 0 aliphatic heterocycles. The van der Waals surface area contributed by atoms with Crippen LogP contribution in [-0.2, 0) is 0 Å². The van der Waals surface area contributed by atoms with Gasteiger partial charge in [0.1, 0.15) is 0 Å². The van der Waals surface area contributed by atoms with Crippen LogP contribution in [0.5, 0.6) is 0 Å². The van der Waals surface area contributed by atoms with Crippen LogP contribution in [0.15, 0.2) is 0 Å². The van der Waals surface area contributed by atoms with Crippen molar-refractivity contribution in [3.8, 4) is 0 Å². The third-order valence-corrected chi connectivity index (χ3v) is 5.83. The number of hydrogen-bond acceptors (Lipinski definition) is 0. The summed E-state index contributed by atoms with van der Waals surface area (Å²) in [5.41, 5.74) is 0. The highest BCUT2D eigenvalue weighted by molar-refractivity contribution is 4.59. The number of hydrogen-bond donors (Lipinski definition) is 1. The lowest BCUT2D eigenvalue weighted by Gasteiger charge is -2.14. The first-order chi connectivity index (χ1) is 12.2. The van der Waals surface area contributed by atoms with E-state index in [4.69, 9.17) is 0 Å². The molecule has 0 aromatic rings. The third kappa shape index (κ3) is 22.5. The zero-order valence-electron chi connectivity index (χ0n) is 18.9. The van der Waals surface area contributed by atoms with E-state index >= 15 is 0 Å². The number of halogens is 1. The lowest BCUT2D eigenvalue weighted by atomic mass is 9.92. The van der Waals surface area contributed by atoms with E-state index in [1.165, 1.54) is 122 Å². The Bertz CT molecular complexity index is 242. The van der Waals surface area contributed by atoms with E-state index in [9.17, 15) is 0 Å². The normalized spacial score (nSPS) is 12.3. The highest BCUT2D eigenvalue weighted by atomic mass is 79.9. The van der Waals surface area contributed by atoms with Gasteiger partial charge in [0, 0.05) is 0 Å². The summed E-state index contributed by atoms with van der Waals surface area (Å²) in [6.07, 6.45) is 26.3. The molecule has 0 rings (SSSR count). The van der Waals surface area contributed by atoms with Gasteiger partial charge >= 0.3 is 0 Å². The smallest absolute Gasteiger partial charge is 0.0766 e. The zero-order chi connectivity index (χ0) is 18.6. The van der Waals surface area contributed by atoms with Crippen molar-refractivity contribution in [1.29, 1.82) is 0 Å². The van der Waals surface area contributed by atoms with E-state index in [0.717, 1.165) is 5.92 Å². The van der Waals surface area contributed by atoms with Crippen LogP contribution in [-0.4, -0.2) is 20.6 Å². The molecule has 0 aromatic carbocycles. The molecule has 0 aliphatic carbocycles. The Morgan fingerprint density at radius 1 is 0.538 bits per heavy atom. The fourth-order valence-corrected chi connectivity index (χ4v) is 3.91. The van der Waals surface area contributed by atoms with Crippen LogP contribution in [0.1, 0.15) is 129 Å². The van der Waals surface area contributed by atoms with Crippen LogP contribution < -0.4 is 21.9 Å². The molecular formula is C24H52BrN. The fourth-order valence-electron chi connectivity index (χ4n) is 3.91. The topological polar surface area (TPSA) is 4.44 Å². The quantitative estimate of drug-likeness (QED) is 0.278. The van der Waals surface area contributed by atoms with Crippen molar-refractivity contribution in [3.05, 3.63) is 0 Å². The van der Waals surface area contributed by atoms with Gasteiger partial charge in [0.2, 0.25) is 0 Å². The monoisotopic (exact) mass is 433 g/mol. The van der Waals surface area contributed by atoms with Crippen molar-refractivity contribution in [2.75, 3.05) is 20.6 Å². The number of quaternary nitrogens is 1. The van der Waals surface area contributed by atoms with E-state index in [-0.39, 0.29) is 17.0 Å². The molecule has 0 saturated carbocycles. The van der Waals surface area contributed by atoms with Crippen LogP contribution >= 0.6 is 0 Å². The minimum Gasteiger partial charge on any atom is -1.00 e.